The summed E-state index contributed by atoms with van der Waals surface area (Å²) in [5.74, 6) is -5.25. The summed E-state index contributed by atoms with van der Waals surface area (Å²) < 4.78 is 81.5. The van der Waals surface area contributed by atoms with E-state index in [1.807, 2.05) is 6.07 Å². The number of hydrogen-bond acceptors (Lipinski definition) is 9. The maximum atomic E-state index is 15.3. The molecule has 0 amide bonds. The monoisotopic (exact) mass is 683 g/mol. The van der Waals surface area contributed by atoms with E-state index in [0.717, 1.165) is 5.39 Å². The Labute approximate surface area is 257 Å². The van der Waals surface area contributed by atoms with E-state index in [1.54, 1.807) is 49.2 Å². The van der Waals surface area contributed by atoms with Crippen LogP contribution >= 0.6 is 18.2 Å². The van der Waals surface area contributed by atoms with Crippen LogP contribution in [-0.4, -0.2) is 63.4 Å². The van der Waals surface area contributed by atoms with Crippen molar-refractivity contribution in [3.05, 3.63) is 74.5 Å². The van der Waals surface area contributed by atoms with Crippen LogP contribution in [0.3, 0.4) is 0 Å². The number of nitrogens with one attached hydrogen (secondary N) is 2. The van der Waals surface area contributed by atoms with Crippen molar-refractivity contribution < 1.29 is 46.0 Å². The number of aliphatic hydroxyl groups is 1. The van der Waals surface area contributed by atoms with Crippen molar-refractivity contribution in [1.29, 1.82) is 0 Å². The predicted octanol–water partition coefficient (Wildman–Crippen LogP) is 4.12. The summed E-state index contributed by atoms with van der Waals surface area (Å²) in [6.45, 7) is -1.10. The van der Waals surface area contributed by atoms with Crippen molar-refractivity contribution >= 4 is 46.8 Å². The Hall–Kier alpha value is -2.85. The van der Waals surface area contributed by atoms with Crippen molar-refractivity contribution in [3.63, 3.8) is 0 Å². The molecule has 0 radical (unpaired) electrons. The number of aromatic amines is 1. The summed E-state index contributed by atoms with van der Waals surface area (Å²) >= 11 is 11.2. The second-order valence-electron chi connectivity index (χ2n) is 10.2. The van der Waals surface area contributed by atoms with Gasteiger partial charge in [-0.1, -0.05) is 41.9 Å². The first-order chi connectivity index (χ1) is 20.5. The molecule has 0 aliphatic carbocycles. The lowest BCUT2D eigenvalue weighted by Crippen LogP contribution is -2.54. The van der Waals surface area contributed by atoms with Crippen LogP contribution in [0.5, 0.6) is 5.75 Å². The van der Waals surface area contributed by atoms with E-state index in [4.69, 9.17) is 41.9 Å². The highest BCUT2D eigenvalue weighted by Gasteiger charge is 2.71. The first kappa shape index (κ1) is 34.0. The molecule has 1 saturated heterocycles. The van der Waals surface area contributed by atoms with Crippen LogP contribution in [0.15, 0.2) is 58.3 Å². The number of carbonyl (C=O) groups excluding carboxylic acids is 1. The minimum Gasteiger partial charge on any atom is -0.462 e. The van der Waals surface area contributed by atoms with E-state index in [-0.39, 0.29) is 10.3 Å². The molecule has 0 bridgehead atoms. The Morgan fingerprint density at radius 1 is 1.20 bits per heavy atom. The number of H-pyrrole nitrogens is 1. The molecule has 1 aromatic heterocycles. The molecule has 3 N–H and O–H groups in total. The summed E-state index contributed by atoms with van der Waals surface area (Å²) in [4.78, 5) is 38.1. The molecule has 2 heterocycles. The third kappa shape index (κ3) is 6.86. The average Bonchev–Trinajstić information content (AvgIpc) is 3.15. The Morgan fingerprint density at radius 3 is 2.50 bits per heavy atom. The smallest absolute Gasteiger partial charge is 0.330 e. The summed E-state index contributed by atoms with van der Waals surface area (Å²) in [5.41, 5.74) is -6.07. The van der Waals surface area contributed by atoms with E-state index in [2.05, 4.69) is 5.09 Å². The molecular weight excluding hydrogens is 657 g/mol. The van der Waals surface area contributed by atoms with Crippen molar-refractivity contribution in [1.82, 2.24) is 14.6 Å². The number of hydrogen-bond donors (Lipinski definition) is 3. The fourth-order valence-electron chi connectivity index (χ4n) is 4.30. The summed E-state index contributed by atoms with van der Waals surface area (Å²) in [6.07, 6.45) is -10.0. The summed E-state index contributed by atoms with van der Waals surface area (Å²) in [5, 5.41) is 13.9. The zero-order chi connectivity index (χ0) is 32.6. The van der Waals surface area contributed by atoms with Crippen LogP contribution in [0, 0.1) is 0 Å². The lowest BCUT2D eigenvalue weighted by atomic mass is 9.96. The molecule has 44 heavy (non-hydrogen) atoms. The standard InChI is InChI=1S/C26H27ClF4N3O8PS/c1-13(2)40-20(36)14(3)33-43(44,42-17-9-8-15-6-4-5-7-16(15)10-17)39-12-25(22(28)29)21(37)26(30,31)23(41-25)34-11-18(27)19(35)32-24(34)38/h4-11,13-14,21-23,37H,12H2,1-3H3,(H,33,44)(H,32,35,38)/t14-,21+,23+,25+,43?/m0/s1. The number of aliphatic hydroxyl groups excluding tert-OH is 1. The van der Waals surface area contributed by atoms with Gasteiger partial charge in [-0.2, -0.15) is 8.78 Å². The Balaban J connectivity index is 1.70. The molecule has 0 saturated carbocycles. The quantitative estimate of drug-likeness (QED) is 0.154. The Bertz CT molecular complexity index is 1710. The van der Waals surface area contributed by atoms with Gasteiger partial charge in [0.05, 0.1) is 12.7 Å². The number of halogens is 5. The molecule has 1 aliphatic rings. The van der Waals surface area contributed by atoms with Crippen molar-refractivity contribution in [2.75, 3.05) is 6.61 Å². The second kappa shape index (κ2) is 12.9. The van der Waals surface area contributed by atoms with Crippen LogP contribution in [-0.2, 0) is 30.6 Å². The third-order valence-electron chi connectivity index (χ3n) is 6.50. The number of esters is 1. The van der Waals surface area contributed by atoms with Gasteiger partial charge < -0.3 is 23.6 Å². The highest BCUT2D eigenvalue weighted by atomic mass is 35.5. The summed E-state index contributed by atoms with van der Waals surface area (Å²) in [7, 11) is 0. The predicted molar refractivity (Wildman–Crippen MR) is 155 cm³/mol. The number of nitrogens with zero attached hydrogens (tertiary/aromatic N) is 1. The minimum absolute atomic E-state index is 0.0704. The van der Waals surface area contributed by atoms with Crippen molar-refractivity contribution in [3.8, 4) is 5.75 Å². The summed E-state index contributed by atoms with van der Waals surface area (Å²) in [6, 6.07) is 10.6. The van der Waals surface area contributed by atoms with Gasteiger partial charge in [-0.25, -0.2) is 18.7 Å². The van der Waals surface area contributed by atoms with Crippen molar-refractivity contribution in [2.24, 2.45) is 0 Å². The zero-order valence-corrected chi connectivity index (χ0v) is 25.7. The lowest BCUT2D eigenvalue weighted by molar-refractivity contribution is -0.192. The Morgan fingerprint density at radius 2 is 1.86 bits per heavy atom. The van der Waals surface area contributed by atoms with Crippen LogP contribution in [0.25, 0.3) is 10.8 Å². The number of benzene rings is 2. The molecule has 1 fully saturated rings. The van der Waals surface area contributed by atoms with Crippen LogP contribution in [0.1, 0.15) is 27.0 Å². The second-order valence-corrected chi connectivity index (χ2v) is 13.7. The first-order valence-corrected chi connectivity index (χ1v) is 15.9. The normalized spacial score (nSPS) is 23.5. The van der Waals surface area contributed by atoms with Gasteiger partial charge in [0.1, 0.15) is 16.8 Å². The van der Waals surface area contributed by atoms with E-state index in [1.165, 1.54) is 13.0 Å². The van der Waals surface area contributed by atoms with Gasteiger partial charge in [-0.3, -0.25) is 19.1 Å². The molecule has 4 rings (SSSR count). The van der Waals surface area contributed by atoms with Gasteiger partial charge in [-0.15, -0.1) is 0 Å². The molecule has 3 aromatic rings. The van der Waals surface area contributed by atoms with E-state index >= 15 is 8.78 Å². The number of fused-ring (bicyclic) bond motifs is 1. The van der Waals surface area contributed by atoms with Crippen molar-refractivity contribution in [2.45, 2.75) is 63.2 Å². The average molecular weight is 684 g/mol. The highest BCUT2D eigenvalue weighted by Crippen LogP contribution is 2.53. The van der Waals surface area contributed by atoms with Gasteiger partial charge in [0, 0.05) is 6.20 Å². The number of ether oxygens (including phenoxy) is 2. The minimum atomic E-state index is -4.53. The van der Waals surface area contributed by atoms with Gasteiger partial charge in [0.2, 0.25) is 6.23 Å². The molecule has 5 atom stereocenters. The molecule has 0 spiro atoms. The largest absolute Gasteiger partial charge is 0.462 e. The number of alkyl halides is 4. The fourth-order valence-corrected chi connectivity index (χ4v) is 6.86. The topological polar surface area (TPSA) is 141 Å². The molecule has 2 aromatic carbocycles. The van der Waals surface area contributed by atoms with Gasteiger partial charge in [-0.05, 0) is 55.5 Å². The zero-order valence-electron chi connectivity index (χ0n) is 23.2. The molecule has 240 valence electrons. The lowest BCUT2D eigenvalue weighted by Gasteiger charge is -2.34. The molecule has 11 nitrogen and oxygen atoms in total. The molecule has 1 aliphatic heterocycles. The number of carbonyl (C=O) groups is 1. The number of aromatic nitrogens is 2. The number of rotatable bonds is 11. The van der Waals surface area contributed by atoms with E-state index < -0.39 is 77.9 Å². The van der Waals surface area contributed by atoms with Gasteiger partial charge >= 0.3 is 24.2 Å². The maximum absolute atomic E-state index is 15.3. The fraction of sp³-hybridized carbons (Fsp3) is 0.423. The maximum Gasteiger partial charge on any atom is 0.330 e. The third-order valence-corrected chi connectivity index (χ3v) is 9.25. The van der Waals surface area contributed by atoms with E-state index in [0.29, 0.717) is 11.6 Å². The van der Waals surface area contributed by atoms with Crippen LogP contribution < -0.4 is 20.9 Å². The van der Waals surface area contributed by atoms with E-state index in [9.17, 15) is 28.3 Å². The molecule has 18 heteroatoms. The Kier molecular flexibility index (Phi) is 9.95. The molecule has 1 unspecified atom stereocenters. The van der Waals surface area contributed by atoms with Gasteiger partial charge in [0.25, 0.3) is 12.0 Å². The van der Waals surface area contributed by atoms with Crippen LogP contribution in [0.4, 0.5) is 17.6 Å². The SMILES string of the molecule is CC(C)OC(=O)[C@H](C)NP(=S)(OC[C@@]1(C(F)F)O[C@@H](n2cc(Cl)c(=O)[nH]c2=O)C(F)(F)[C@@H]1O)Oc1ccc2ccccc2c1. The van der Waals surface area contributed by atoms with Crippen LogP contribution in [0.2, 0.25) is 5.02 Å². The van der Waals surface area contributed by atoms with Gasteiger partial charge in [0.15, 0.2) is 11.7 Å². The highest BCUT2D eigenvalue weighted by molar-refractivity contribution is 8.09. The first-order valence-electron chi connectivity index (χ1n) is 12.9. The molecular formula is C26H27ClF4N3O8PS.